The summed E-state index contributed by atoms with van der Waals surface area (Å²) >= 11 is 0. The molecule has 2 fully saturated rings. The van der Waals surface area contributed by atoms with Gasteiger partial charge < -0.3 is 43.9 Å². The SMILES string of the molecule is O=C(CNCCCn1ccnc1)N[C@@H]1CCN(c2c(F)cc3c(=O)c(C(=O)NCCCN4CCOCC4)cn4c3c2Oc2cc3c(cc2-4)oc2ccccc23)C1. The van der Waals surface area contributed by atoms with E-state index in [-0.39, 0.29) is 40.9 Å². The zero-order chi connectivity index (χ0) is 38.2. The molecule has 0 bridgehead atoms. The summed E-state index contributed by atoms with van der Waals surface area (Å²) in [5, 5.41) is 10.9. The van der Waals surface area contributed by atoms with Crippen molar-refractivity contribution >= 4 is 50.3 Å². The van der Waals surface area contributed by atoms with Gasteiger partial charge in [-0.15, -0.1) is 0 Å². The van der Waals surface area contributed by atoms with E-state index in [4.69, 9.17) is 13.9 Å². The number of para-hydroxylation sites is 1. The number of nitrogens with zero attached hydrogens (tertiary/aromatic N) is 5. The molecule has 0 spiro atoms. The molecule has 0 saturated carbocycles. The van der Waals surface area contributed by atoms with Crippen LogP contribution in [-0.2, 0) is 16.1 Å². The molecule has 3 aromatic carbocycles. The molecule has 6 aromatic rings. The maximum Gasteiger partial charge on any atom is 0.256 e. The largest absolute Gasteiger partial charge is 0.456 e. The van der Waals surface area contributed by atoms with Crippen molar-refractivity contribution in [2.24, 2.45) is 0 Å². The minimum absolute atomic E-state index is 0.0285. The Morgan fingerprint density at radius 3 is 2.68 bits per heavy atom. The Balaban J connectivity index is 0.997. The van der Waals surface area contributed by atoms with E-state index in [2.05, 4.69) is 25.8 Å². The molecule has 9 rings (SSSR count). The normalized spacial score (nSPS) is 16.7. The monoisotopic (exact) mass is 762 g/mol. The molecule has 2 saturated heterocycles. The van der Waals surface area contributed by atoms with Crippen molar-refractivity contribution in [2.75, 3.05) is 70.5 Å². The lowest BCUT2D eigenvalue weighted by Crippen LogP contribution is -2.42. The zero-order valence-electron chi connectivity index (χ0n) is 30.9. The first kappa shape index (κ1) is 35.9. The van der Waals surface area contributed by atoms with Crippen LogP contribution in [0.5, 0.6) is 11.5 Å². The molecule has 3 aromatic heterocycles. The van der Waals surface area contributed by atoms with Gasteiger partial charge in [0.05, 0.1) is 37.2 Å². The fraction of sp³-hybridized carbons (Fsp3) is 0.366. The third kappa shape index (κ3) is 6.97. The second-order valence-corrected chi connectivity index (χ2v) is 14.6. The van der Waals surface area contributed by atoms with Crippen LogP contribution in [0.15, 0.2) is 76.6 Å². The highest BCUT2D eigenvalue weighted by atomic mass is 19.1. The molecule has 15 heteroatoms. The van der Waals surface area contributed by atoms with E-state index in [1.165, 1.54) is 12.3 Å². The van der Waals surface area contributed by atoms with Crippen molar-refractivity contribution in [3.8, 4) is 17.2 Å². The van der Waals surface area contributed by atoms with Crippen LogP contribution in [0.3, 0.4) is 0 Å². The van der Waals surface area contributed by atoms with Crippen LogP contribution >= 0.6 is 0 Å². The minimum Gasteiger partial charge on any atom is -0.456 e. The van der Waals surface area contributed by atoms with Crippen molar-refractivity contribution in [1.82, 2.24) is 35.0 Å². The highest BCUT2D eigenvalue weighted by molar-refractivity contribution is 6.07. The van der Waals surface area contributed by atoms with Crippen LogP contribution in [0.1, 0.15) is 29.6 Å². The maximum absolute atomic E-state index is 16.5. The van der Waals surface area contributed by atoms with Gasteiger partial charge in [0, 0.05) is 80.7 Å². The molecule has 290 valence electrons. The number of benzene rings is 3. The van der Waals surface area contributed by atoms with Crippen LogP contribution in [0.25, 0.3) is 38.5 Å². The van der Waals surface area contributed by atoms with Gasteiger partial charge in [0.1, 0.15) is 27.9 Å². The molecule has 3 aliphatic heterocycles. The molecule has 56 heavy (non-hydrogen) atoms. The second kappa shape index (κ2) is 15.4. The van der Waals surface area contributed by atoms with E-state index in [1.807, 2.05) is 52.1 Å². The Labute approximate surface area is 321 Å². The van der Waals surface area contributed by atoms with Crippen molar-refractivity contribution in [1.29, 1.82) is 0 Å². The van der Waals surface area contributed by atoms with Gasteiger partial charge >= 0.3 is 0 Å². The van der Waals surface area contributed by atoms with Gasteiger partial charge in [0.25, 0.3) is 5.91 Å². The Kier molecular flexibility index (Phi) is 9.87. The number of carbonyl (C=O) groups is 2. The highest BCUT2D eigenvalue weighted by Gasteiger charge is 2.34. The molecule has 0 unspecified atom stereocenters. The third-order valence-electron chi connectivity index (χ3n) is 10.9. The van der Waals surface area contributed by atoms with Crippen LogP contribution < -0.4 is 31.0 Å². The first-order chi connectivity index (χ1) is 27.4. The van der Waals surface area contributed by atoms with E-state index in [0.29, 0.717) is 80.4 Å². The van der Waals surface area contributed by atoms with Crippen LogP contribution in [-0.4, -0.2) is 102 Å². The first-order valence-electron chi connectivity index (χ1n) is 19.3. The lowest BCUT2D eigenvalue weighted by Gasteiger charge is -2.29. The molecule has 0 aliphatic carbocycles. The van der Waals surface area contributed by atoms with E-state index in [1.54, 1.807) is 17.1 Å². The van der Waals surface area contributed by atoms with Gasteiger partial charge in [-0.2, -0.15) is 0 Å². The van der Waals surface area contributed by atoms with Gasteiger partial charge in [-0.3, -0.25) is 19.3 Å². The number of aryl methyl sites for hydroxylation is 1. The van der Waals surface area contributed by atoms with Crippen molar-refractivity contribution in [2.45, 2.75) is 31.8 Å². The number of morpholine rings is 1. The van der Waals surface area contributed by atoms with Gasteiger partial charge in [-0.05, 0) is 50.6 Å². The first-order valence-corrected chi connectivity index (χ1v) is 19.3. The van der Waals surface area contributed by atoms with Gasteiger partial charge in [-0.1, -0.05) is 18.2 Å². The zero-order valence-corrected chi connectivity index (χ0v) is 30.9. The fourth-order valence-corrected chi connectivity index (χ4v) is 8.07. The quantitative estimate of drug-likeness (QED) is 0.146. The van der Waals surface area contributed by atoms with Crippen LogP contribution in [0.4, 0.5) is 10.1 Å². The number of carbonyl (C=O) groups excluding carboxylic acids is 2. The number of amides is 2. The minimum atomic E-state index is -0.649. The number of pyridine rings is 1. The number of hydrogen-bond donors (Lipinski definition) is 3. The summed E-state index contributed by atoms with van der Waals surface area (Å²) in [6, 6.07) is 12.4. The highest BCUT2D eigenvalue weighted by Crippen LogP contribution is 2.49. The number of nitrogens with one attached hydrogen (secondary N) is 3. The Bertz CT molecular complexity index is 2490. The van der Waals surface area contributed by atoms with E-state index >= 15 is 4.39 Å². The number of halogens is 1. The summed E-state index contributed by atoms with van der Waals surface area (Å²) in [6.07, 6.45) is 9.08. The van der Waals surface area contributed by atoms with Gasteiger partial charge in [0.15, 0.2) is 17.3 Å². The number of anilines is 1. The standard InChI is InChI=1S/C41H43FN8O6/c42-31-19-29-37-40(38(31)49-13-7-26(23-49)46-36(51)22-43-8-3-12-48-14-10-44-25-48)56-35-20-28-27-5-1-2-6-33(27)55-34(28)21-32(35)50(37)24-30(39(29)52)41(53)45-9-4-11-47-15-17-54-18-16-47/h1-2,5-6,10,14,19-21,24-26,43H,3-4,7-9,11-13,15-18,22-23H2,(H,45,53)(H,46,51)/t26-/m1/s1. The predicted molar refractivity (Wildman–Crippen MR) is 210 cm³/mol. The van der Waals surface area contributed by atoms with E-state index < -0.39 is 17.2 Å². The lowest BCUT2D eigenvalue weighted by atomic mass is 10.0. The summed E-state index contributed by atoms with van der Waals surface area (Å²) in [6.45, 7) is 6.70. The summed E-state index contributed by atoms with van der Waals surface area (Å²) in [5.74, 6) is -0.711. The predicted octanol–water partition coefficient (Wildman–Crippen LogP) is 4.16. The summed E-state index contributed by atoms with van der Waals surface area (Å²) in [7, 11) is 0. The summed E-state index contributed by atoms with van der Waals surface area (Å²) in [5.41, 5.74) is 1.72. The van der Waals surface area contributed by atoms with Crippen molar-refractivity contribution in [3.05, 3.63) is 89.0 Å². The molecular formula is C41H43FN8O6. The van der Waals surface area contributed by atoms with Crippen LogP contribution in [0, 0.1) is 5.82 Å². The number of hydrogen-bond acceptors (Lipinski definition) is 10. The molecule has 14 nitrogen and oxygen atoms in total. The van der Waals surface area contributed by atoms with Crippen molar-refractivity contribution < 1.29 is 27.9 Å². The molecule has 6 heterocycles. The average Bonchev–Trinajstić information content (AvgIpc) is 3.98. The van der Waals surface area contributed by atoms with Crippen molar-refractivity contribution in [3.63, 3.8) is 0 Å². The van der Waals surface area contributed by atoms with Crippen LogP contribution in [0.2, 0.25) is 0 Å². The molecule has 2 amide bonds. The van der Waals surface area contributed by atoms with Gasteiger partial charge in [0.2, 0.25) is 11.3 Å². The van der Waals surface area contributed by atoms with Gasteiger partial charge in [-0.25, -0.2) is 9.37 Å². The fourth-order valence-electron chi connectivity index (χ4n) is 8.07. The van der Waals surface area contributed by atoms with E-state index in [9.17, 15) is 14.4 Å². The number of fused-ring (bicyclic) bond motifs is 5. The Morgan fingerprint density at radius 2 is 1.82 bits per heavy atom. The lowest BCUT2D eigenvalue weighted by molar-refractivity contribution is -0.120. The number of aromatic nitrogens is 3. The maximum atomic E-state index is 16.5. The second-order valence-electron chi connectivity index (χ2n) is 14.6. The Morgan fingerprint density at radius 1 is 0.964 bits per heavy atom. The van der Waals surface area contributed by atoms with E-state index in [0.717, 1.165) is 43.4 Å². The Hall–Kier alpha value is -5.77. The molecular weight excluding hydrogens is 719 g/mol. The number of furan rings is 1. The third-order valence-corrected chi connectivity index (χ3v) is 10.9. The summed E-state index contributed by atoms with van der Waals surface area (Å²) in [4.78, 5) is 48.8. The molecule has 0 radical (unpaired) electrons. The number of imidazole rings is 1. The molecule has 3 N–H and O–H groups in total. The molecule has 3 aliphatic rings. The number of rotatable bonds is 13. The number of ether oxygens (including phenoxy) is 2. The topological polar surface area (TPSA) is 148 Å². The average molecular weight is 763 g/mol. The smallest absolute Gasteiger partial charge is 0.256 e. The summed E-state index contributed by atoms with van der Waals surface area (Å²) < 4.78 is 38.5. The molecule has 1 atom stereocenters.